The van der Waals surface area contributed by atoms with Crippen molar-refractivity contribution in [3.05, 3.63) is 60.7 Å². The molecule has 0 aliphatic carbocycles. The van der Waals surface area contributed by atoms with Gasteiger partial charge < -0.3 is 10.5 Å². The van der Waals surface area contributed by atoms with Crippen LogP contribution in [0.4, 0.5) is 23.5 Å². The first kappa shape index (κ1) is 25.1. The van der Waals surface area contributed by atoms with Gasteiger partial charge in [-0.1, -0.05) is 30.3 Å². The lowest BCUT2D eigenvalue weighted by Gasteiger charge is -2.17. The molecule has 3 rings (SSSR count). The smallest absolute Gasteiger partial charge is 0.457 e. The molecule has 1 aromatic heterocycles. The molecule has 8 nitrogen and oxygen atoms in total. The van der Waals surface area contributed by atoms with Crippen LogP contribution >= 0.6 is 0 Å². The molecule has 34 heavy (non-hydrogen) atoms. The zero-order chi connectivity index (χ0) is 25.1. The third kappa shape index (κ3) is 5.85. The van der Waals surface area contributed by atoms with Crippen LogP contribution in [0.2, 0.25) is 0 Å². The molecule has 1 heterocycles. The van der Waals surface area contributed by atoms with Crippen molar-refractivity contribution in [2.45, 2.75) is 24.0 Å². The Balaban J connectivity index is 1.86. The second-order valence-electron chi connectivity index (χ2n) is 7.14. The maximum absolute atomic E-state index is 14.8. The van der Waals surface area contributed by atoms with E-state index in [1.165, 1.54) is 49.6 Å². The summed E-state index contributed by atoms with van der Waals surface area (Å²) in [6, 6.07) is 8.57. The summed E-state index contributed by atoms with van der Waals surface area (Å²) in [5, 5.41) is 0. The van der Waals surface area contributed by atoms with Gasteiger partial charge in [0.2, 0.25) is 16.0 Å². The number of halogens is 4. The highest BCUT2D eigenvalue weighted by atomic mass is 32.2. The van der Waals surface area contributed by atoms with Gasteiger partial charge in [0, 0.05) is 29.1 Å². The number of nitrogens with one attached hydrogen (secondary N) is 1. The Morgan fingerprint density at radius 1 is 1.09 bits per heavy atom. The van der Waals surface area contributed by atoms with Crippen molar-refractivity contribution in [3.8, 4) is 22.3 Å². The van der Waals surface area contributed by atoms with Crippen LogP contribution in [0.25, 0.3) is 22.3 Å². The topological polar surface area (TPSA) is 124 Å². The summed E-state index contributed by atoms with van der Waals surface area (Å²) in [5.74, 6) is -3.07. The average Bonchev–Trinajstić information content (AvgIpc) is 2.77. The molecule has 3 N–H and O–H groups in total. The first-order chi connectivity index (χ1) is 15.9. The van der Waals surface area contributed by atoms with Crippen molar-refractivity contribution in [3.63, 3.8) is 0 Å². The van der Waals surface area contributed by atoms with E-state index in [9.17, 15) is 30.8 Å². The maximum atomic E-state index is 14.8. The van der Waals surface area contributed by atoms with Crippen LogP contribution in [0.3, 0.4) is 0 Å². The van der Waals surface area contributed by atoms with E-state index in [1.807, 2.05) is 0 Å². The van der Waals surface area contributed by atoms with E-state index in [1.54, 1.807) is 6.07 Å². The Morgan fingerprint density at radius 2 is 1.74 bits per heavy atom. The molecule has 0 radical (unpaired) electrons. The van der Waals surface area contributed by atoms with Gasteiger partial charge in [0.1, 0.15) is 12.4 Å². The number of sulfonamides is 1. The van der Waals surface area contributed by atoms with Crippen molar-refractivity contribution in [2.24, 2.45) is 0 Å². The molecule has 13 heteroatoms. The number of nitrogen functional groups attached to an aromatic ring is 1. The summed E-state index contributed by atoms with van der Waals surface area (Å²) < 4.78 is 83.7. The quantitative estimate of drug-likeness (QED) is 0.378. The number of esters is 1. The van der Waals surface area contributed by atoms with Gasteiger partial charge in [-0.15, -0.1) is 0 Å². The molecular formula is C21H18F4N4O4S. The number of carbonyl (C=O) groups excluding carboxylic acids is 1. The van der Waals surface area contributed by atoms with Gasteiger partial charge >= 0.3 is 12.1 Å². The lowest BCUT2D eigenvalue weighted by atomic mass is 10.0. The molecular weight excluding hydrogens is 480 g/mol. The number of ether oxygens (including phenoxy) is 1. The van der Waals surface area contributed by atoms with E-state index < -0.39 is 40.6 Å². The minimum absolute atomic E-state index is 0.0230. The van der Waals surface area contributed by atoms with Gasteiger partial charge in [0.05, 0.1) is 10.9 Å². The highest BCUT2D eigenvalue weighted by molar-refractivity contribution is 7.89. The van der Waals surface area contributed by atoms with Crippen LogP contribution in [0, 0.1) is 5.82 Å². The molecule has 0 aliphatic heterocycles. The number of nitrogens with two attached hydrogens (primary N) is 1. The fourth-order valence-corrected chi connectivity index (χ4v) is 4.44. The maximum Gasteiger partial charge on any atom is 0.490 e. The number of hydrogen-bond donors (Lipinski definition) is 2. The summed E-state index contributed by atoms with van der Waals surface area (Å²) in [7, 11) is -4.28. The first-order valence-corrected chi connectivity index (χ1v) is 11.1. The SMILES string of the molecule is C[C@H](COC(=O)C(F)(F)F)NS(=O)(=O)c1ccccc1-c1ccc(-c2cnc(N)nc2)c(F)c1. The first-order valence-electron chi connectivity index (χ1n) is 9.61. The zero-order valence-corrected chi connectivity index (χ0v) is 18.3. The number of rotatable bonds is 7. The van der Waals surface area contributed by atoms with Gasteiger partial charge in [-0.2, -0.15) is 13.2 Å². The molecule has 3 aromatic rings. The minimum Gasteiger partial charge on any atom is -0.457 e. The Hall–Kier alpha value is -3.58. The Labute approximate surface area is 191 Å². The van der Waals surface area contributed by atoms with Crippen molar-refractivity contribution < 1.29 is 35.5 Å². The Kier molecular flexibility index (Phi) is 7.17. The molecule has 0 aliphatic rings. The van der Waals surface area contributed by atoms with Gasteiger partial charge in [-0.05, 0) is 24.6 Å². The van der Waals surface area contributed by atoms with Gasteiger partial charge in [0.15, 0.2) is 0 Å². The van der Waals surface area contributed by atoms with E-state index in [0.29, 0.717) is 5.56 Å². The van der Waals surface area contributed by atoms with Crippen LogP contribution in [-0.4, -0.2) is 43.2 Å². The lowest BCUT2D eigenvalue weighted by molar-refractivity contribution is -0.200. The summed E-state index contributed by atoms with van der Waals surface area (Å²) >= 11 is 0. The van der Waals surface area contributed by atoms with Gasteiger partial charge in [-0.25, -0.2) is 32.3 Å². The van der Waals surface area contributed by atoms with Crippen LogP contribution in [0.15, 0.2) is 59.8 Å². The summed E-state index contributed by atoms with van der Waals surface area (Å²) in [4.78, 5) is 18.2. The number of hydrogen-bond acceptors (Lipinski definition) is 7. The third-order valence-corrected chi connectivity index (χ3v) is 6.14. The van der Waals surface area contributed by atoms with Crippen molar-refractivity contribution in [2.75, 3.05) is 12.3 Å². The predicted octanol–water partition coefficient (Wildman–Crippen LogP) is 3.30. The molecule has 0 saturated carbocycles. The summed E-state index contributed by atoms with van der Waals surface area (Å²) in [5.41, 5.74) is 6.34. The highest BCUT2D eigenvalue weighted by Gasteiger charge is 2.41. The van der Waals surface area contributed by atoms with Crippen molar-refractivity contribution in [1.82, 2.24) is 14.7 Å². The van der Waals surface area contributed by atoms with Crippen molar-refractivity contribution >= 4 is 21.9 Å². The van der Waals surface area contributed by atoms with E-state index in [2.05, 4.69) is 19.4 Å². The number of alkyl halides is 3. The molecule has 0 saturated heterocycles. The second-order valence-corrected chi connectivity index (χ2v) is 8.82. The monoisotopic (exact) mass is 498 g/mol. The largest absolute Gasteiger partial charge is 0.490 e. The molecule has 180 valence electrons. The Bertz CT molecular complexity index is 1300. The van der Waals surface area contributed by atoms with E-state index in [0.717, 1.165) is 6.07 Å². The normalized spacial score (nSPS) is 12.9. The minimum atomic E-state index is -5.19. The van der Waals surface area contributed by atoms with E-state index in [4.69, 9.17) is 5.73 Å². The van der Waals surface area contributed by atoms with E-state index >= 15 is 0 Å². The van der Waals surface area contributed by atoms with Crippen molar-refractivity contribution in [1.29, 1.82) is 0 Å². The number of carbonyl (C=O) groups is 1. The van der Waals surface area contributed by atoms with Crippen LogP contribution in [0.1, 0.15) is 6.92 Å². The molecule has 0 unspecified atom stereocenters. The highest BCUT2D eigenvalue weighted by Crippen LogP contribution is 2.31. The lowest BCUT2D eigenvalue weighted by Crippen LogP contribution is -2.38. The van der Waals surface area contributed by atoms with Gasteiger partial charge in [0.25, 0.3) is 0 Å². The molecule has 0 amide bonds. The Morgan fingerprint density at radius 3 is 2.35 bits per heavy atom. The predicted molar refractivity (Wildman–Crippen MR) is 114 cm³/mol. The fourth-order valence-electron chi connectivity index (χ4n) is 2.98. The van der Waals surface area contributed by atoms with Crippen LogP contribution in [0.5, 0.6) is 0 Å². The summed E-state index contributed by atoms with van der Waals surface area (Å²) in [6.07, 6.45) is -2.51. The van der Waals surface area contributed by atoms with E-state index in [-0.39, 0.29) is 27.5 Å². The number of anilines is 1. The summed E-state index contributed by atoms with van der Waals surface area (Å²) in [6.45, 7) is 0.389. The number of nitrogens with zero attached hydrogens (tertiary/aromatic N) is 2. The molecule has 0 fully saturated rings. The molecule has 1 atom stereocenters. The number of aromatic nitrogens is 2. The van der Waals surface area contributed by atoms with Crippen LogP contribution < -0.4 is 10.5 Å². The zero-order valence-electron chi connectivity index (χ0n) is 17.5. The average molecular weight is 498 g/mol. The second kappa shape index (κ2) is 9.73. The van der Waals surface area contributed by atoms with Gasteiger partial charge in [-0.3, -0.25) is 0 Å². The van der Waals surface area contributed by atoms with Crippen LogP contribution in [-0.2, 0) is 19.6 Å². The standard InChI is InChI=1S/C21H18F4N4O4S/c1-12(11-33-19(30)21(23,24)25)29-34(31,32)18-5-3-2-4-16(18)13-6-7-15(17(22)8-13)14-9-27-20(26)28-10-14/h2-10,12,29H,11H2,1H3,(H2,26,27,28)/t12-/m1/s1. The molecule has 0 bridgehead atoms. The number of benzene rings is 2. The molecule has 0 spiro atoms. The fraction of sp³-hybridized carbons (Fsp3) is 0.190. The molecule has 2 aromatic carbocycles. The third-order valence-electron chi connectivity index (χ3n) is 4.49.